The number of anilines is 3. The fraction of sp³-hybridized carbons (Fsp3) is 0.384. The molecule has 150 heavy (non-hydrogen) atoms. The molecule has 38 heteroatoms. The van der Waals surface area contributed by atoms with Gasteiger partial charge in [-0.05, 0) is 148 Å². The molecule has 0 spiro atoms. The van der Waals surface area contributed by atoms with Gasteiger partial charge in [0.2, 0.25) is 29.2 Å². The molecular weight excluding hydrogens is 1980 g/mol. The number of carbonyl (C=O) groups is 3. The number of rotatable bonds is 15. The zero-order chi connectivity index (χ0) is 108. The molecule has 780 valence electrons. The van der Waals surface area contributed by atoms with Crippen molar-refractivity contribution < 1.29 is 37.0 Å². The molecule has 21 rings (SSSR count). The lowest BCUT2D eigenvalue weighted by Crippen LogP contribution is -2.62. The van der Waals surface area contributed by atoms with Gasteiger partial charge in [0.1, 0.15) is 31.4 Å². The summed E-state index contributed by atoms with van der Waals surface area (Å²) in [5.74, 6) is -3.22. The third-order valence-electron chi connectivity index (χ3n) is 30.4. The molecule has 6 atom stereocenters. The average molecular weight is 2100 g/mol. The van der Waals surface area contributed by atoms with Gasteiger partial charge >= 0.3 is 17.1 Å². The summed E-state index contributed by atoms with van der Waals surface area (Å²) in [6.07, 6.45) is 9.26. The lowest BCUT2D eigenvalue weighted by molar-refractivity contribution is -0.129. The van der Waals surface area contributed by atoms with Gasteiger partial charge in [-0.2, -0.15) is 0 Å². The molecule has 3 N–H and O–H groups in total. The van der Waals surface area contributed by atoms with E-state index in [-0.39, 0.29) is 185 Å². The van der Waals surface area contributed by atoms with E-state index in [0.717, 1.165) is 0 Å². The number of benzene rings is 6. The standard InChI is InChI=1S/C38H41ClFN7O4.C37H39ClFN7O4.C37H39ClFN7O3/c1-9-26(48)45-16-22-12-13-51-36-33(46(22)15-21(45)7)23-14-24(39)28(27-20(6)10-11-25-34(27)44(8)38(50)43-25)29(40)32(23)47(37(36)49)35-30(18(2)3)41-17-42-31(35)19(4)5;1-9-25(47)44-14-21-15-50-35-32(45(21)13-20(44)7)22-12-23(39)27(26-19(6)10-11-24-33(26)43(8)37(49)42-24)28(38)31(22)46(36(35)48)34-29(17(2)3)40-16-41-30(34)18(4)5;1-9-26(47)44-15-21-12-23-32(45(21)14-20(44)7)22-13-24(38)28(27-19(6)10-11-25-34(27)43(8)37(49)42-25)29(39)33(22)46(36(23)48)35-30(17(2)3)40-16-41-31(35)18(4)5/h9-11,14,17-19,21-22H,1,12-13,15-16H2,2-8H3,(H,43,50);9-12,16-18,20-21H,1,13-15H2,2-8H3,(H,42,49);9-11,13,16-18,20-21H,1,12,14-15H2,2-8H3,(H,42,49). The summed E-state index contributed by atoms with van der Waals surface area (Å²) in [5.41, 5.74) is 11.6. The van der Waals surface area contributed by atoms with Crippen LogP contribution in [0.1, 0.15) is 202 Å². The number of nitrogens with one attached hydrogen (secondary N) is 3. The number of pyridine rings is 3. The number of aromatic amines is 3. The first kappa shape index (κ1) is 104. The van der Waals surface area contributed by atoms with E-state index in [1.165, 1.54) is 70.7 Å². The number of imidazole rings is 3. The number of piperazine rings is 3. The van der Waals surface area contributed by atoms with Gasteiger partial charge in [-0.3, -0.25) is 56.2 Å². The number of aromatic nitrogens is 15. The number of aryl methyl sites for hydroxylation is 6. The molecule has 0 radical (unpaired) electrons. The lowest BCUT2D eigenvalue weighted by Gasteiger charge is -2.48. The number of ether oxygens (including phenoxy) is 2. The van der Waals surface area contributed by atoms with E-state index in [2.05, 4.69) is 74.4 Å². The van der Waals surface area contributed by atoms with Gasteiger partial charge in [-0.1, -0.05) is 156 Å². The lowest BCUT2D eigenvalue weighted by atomic mass is 9.94. The summed E-state index contributed by atoms with van der Waals surface area (Å²) in [5, 5.41) is 1.47. The largest absolute Gasteiger partial charge is 0.486 e. The highest BCUT2D eigenvalue weighted by Crippen LogP contribution is 2.54. The predicted molar refractivity (Wildman–Crippen MR) is 583 cm³/mol. The Balaban J connectivity index is 0.000000141. The molecule has 15 aromatic rings. The molecule has 3 amide bonds. The topological polar surface area (TPSA) is 346 Å². The van der Waals surface area contributed by atoms with Gasteiger partial charge in [-0.25, -0.2) is 57.5 Å². The van der Waals surface area contributed by atoms with Crippen molar-refractivity contribution >= 4 is 135 Å². The molecule has 3 saturated heterocycles. The number of hydrogen-bond donors (Lipinski definition) is 3. The summed E-state index contributed by atoms with van der Waals surface area (Å²) < 4.78 is 74.4. The first-order chi connectivity index (χ1) is 71.3. The average Bonchev–Trinajstić information content (AvgIpc) is 1.67. The summed E-state index contributed by atoms with van der Waals surface area (Å²) in [6, 6.07) is 14.2. The van der Waals surface area contributed by atoms with Crippen LogP contribution in [0.15, 0.2) is 140 Å². The molecule has 0 aliphatic carbocycles. The molecule has 6 aromatic carbocycles. The minimum absolute atomic E-state index is 0.00445. The third kappa shape index (κ3) is 16.6. The predicted octanol–water partition coefficient (Wildman–Crippen LogP) is 18.4. The first-order valence-electron chi connectivity index (χ1n) is 50.6. The Morgan fingerprint density at radius 2 is 0.720 bits per heavy atom. The molecule has 0 bridgehead atoms. The Kier molecular flexibility index (Phi) is 27.2. The number of hydrogen-bond acceptors (Lipinski definition) is 20. The second kappa shape index (κ2) is 39.3. The number of fused-ring (bicyclic) bond motifs is 18. The molecular formula is C112H119Cl3F3N21O11. The Labute approximate surface area is 876 Å². The maximum atomic E-state index is 18.1. The Hall–Kier alpha value is -14.7. The molecule has 6 aliphatic heterocycles. The molecule has 3 fully saturated rings. The van der Waals surface area contributed by atoms with Crippen LogP contribution in [0.3, 0.4) is 0 Å². The smallest absolute Gasteiger partial charge is 0.326 e. The van der Waals surface area contributed by atoms with Crippen LogP contribution in [0, 0.1) is 38.2 Å². The fourth-order valence-electron chi connectivity index (χ4n) is 23.2. The van der Waals surface area contributed by atoms with Gasteiger partial charge in [0.15, 0.2) is 11.6 Å². The van der Waals surface area contributed by atoms with Crippen molar-refractivity contribution in [2.75, 3.05) is 67.2 Å². The maximum Gasteiger partial charge on any atom is 0.326 e. The van der Waals surface area contributed by atoms with Crippen LogP contribution in [0.2, 0.25) is 15.1 Å². The summed E-state index contributed by atoms with van der Waals surface area (Å²) in [4.78, 5) is 170. The Morgan fingerprint density at radius 1 is 0.400 bits per heavy atom. The van der Waals surface area contributed by atoms with Crippen LogP contribution in [-0.4, -0.2) is 193 Å². The summed E-state index contributed by atoms with van der Waals surface area (Å²) >= 11 is 21.8. The highest BCUT2D eigenvalue weighted by molar-refractivity contribution is 6.39. The molecule has 15 heterocycles. The normalized spacial score (nSPS) is 17.5. The fourth-order valence-corrected chi connectivity index (χ4v) is 24.2. The van der Waals surface area contributed by atoms with E-state index in [1.54, 1.807) is 78.3 Å². The van der Waals surface area contributed by atoms with Crippen LogP contribution in [0.5, 0.6) is 11.5 Å². The number of halogens is 6. The number of H-pyrrole nitrogens is 3. The second-order valence-electron chi connectivity index (χ2n) is 42.0. The van der Waals surface area contributed by atoms with Crippen molar-refractivity contribution in [2.45, 2.75) is 209 Å². The SMILES string of the molecule is C=CC(=O)N1CC2CCOc3c(c4cc(Cl)c(-c5c(C)ccc6[nH]c(=O)n(C)c56)c(F)c4n(-c4c(C(C)C)ncnc4C(C)C)c3=O)N2CC1C.C=CC(=O)N1CC2COc3c(c4cc(F)c(-c5c(C)ccc6[nH]c(=O)n(C)c56)c(Cl)c4n(-c4c(C(C)C)ncnc4C(C)C)c3=O)N2CC1C.C=CC(=O)N1CC2Cc3c(c4cc(Cl)c(-c5c(C)ccc6[nH]c(=O)n(C)c56)c(F)c4n(-c4c(C(C)C)ncnc4C(C)C)c3=O)N2CC1C. The van der Waals surface area contributed by atoms with Crippen LogP contribution >= 0.6 is 34.8 Å². The van der Waals surface area contributed by atoms with Crippen LogP contribution in [0.25, 0.3) is 116 Å². The zero-order valence-electron chi connectivity index (χ0n) is 87.6. The minimum atomic E-state index is -0.732. The maximum absolute atomic E-state index is 18.1. The van der Waals surface area contributed by atoms with Crippen molar-refractivity contribution in [3.63, 3.8) is 0 Å². The highest BCUT2D eigenvalue weighted by Gasteiger charge is 2.48. The number of amides is 3. The molecule has 6 unspecified atom stereocenters. The number of carbonyl (C=O) groups excluding carboxylic acids is 3. The molecule has 32 nitrogen and oxygen atoms in total. The van der Waals surface area contributed by atoms with E-state index in [4.69, 9.17) is 44.3 Å². The third-order valence-corrected chi connectivity index (χ3v) is 31.4. The van der Waals surface area contributed by atoms with Crippen molar-refractivity contribution in [1.29, 1.82) is 0 Å². The van der Waals surface area contributed by atoms with Crippen molar-refractivity contribution in [3.8, 4) is 61.9 Å². The molecule has 6 aliphatic rings. The van der Waals surface area contributed by atoms with Crippen LogP contribution in [-0.2, 0) is 41.9 Å². The first-order valence-corrected chi connectivity index (χ1v) is 51.7. The minimum Gasteiger partial charge on any atom is -0.486 e. The van der Waals surface area contributed by atoms with E-state index in [9.17, 15) is 28.8 Å². The van der Waals surface area contributed by atoms with E-state index >= 15 is 27.6 Å². The second-order valence-corrected chi connectivity index (χ2v) is 43.2. The Morgan fingerprint density at radius 3 is 1.09 bits per heavy atom. The van der Waals surface area contributed by atoms with Crippen LogP contribution in [0.4, 0.5) is 30.2 Å². The molecule has 0 saturated carbocycles. The quantitative estimate of drug-likeness (QED) is 0.0803. The van der Waals surface area contributed by atoms with Gasteiger partial charge in [0.25, 0.3) is 16.7 Å². The monoisotopic (exact) mass is 2100 g/mol. The van der Waals surface area contributed by atoms with Gasteiger partial charge < -0.3 is 53.8 Å². The van der Waals surface area contributed by atoms with Crippen molar-refractivity contribution in [2.24, 2.45) is 21.1 Å². The van der Waals surface area contributed by atoms with E-state index < -0.39 is 28.6 Å². The van der Waals surface area contributed by atoms with Gasteiger partial charge in [0.05, 0.1) is 158 Å². The number of nitrogens with zero attached hydrogens (tertiary/aromatic N) is 18. The van der Waals surface area contributed by atoms with Gasteiger partial charge in [-0.15, -0.1) is 0 Å². The highest BCUT2D eigenvalue weighted by atomic mass is 35.5. The van der Waals surface area contributed by atoms with E-state index in [0.29, 0.717) is 209 Å². The zero-order valence-corrected chi connectivity index (χ0v) is 89.9. The van der Waals surface area contributed by atoms with Crippen LogP contribution < -0.4 is 57.9 Å². The van der Waals surface area contributed by atoms with E-state index in [1.807, 2.05) is 136 Å². The summed E-state index contributed by atoms with van der Waals surface area (Å²) in [6.45, 7) is 48.7. The van der Waals surface area contributed by atoms with Gasteiger partial charge in [0, 0.05) is 146 Å². The summed E-state index contributed by atoms with van der Waals surface area (Å²) in [7, 11) is 4.86. The van der Waals surface area contributed by atoms with Crippen molar-refractivity contribution in [1.82, 2.24) is 87.0 Å². The van der Waals surface area contributed by atoms with Crippen molar-refractivity contribution in [3.05, 3.63) is 263 Å². The molecule has 9 aromatic heterocycles. The Bertz CT molecular complexity index is 8620.